The molecule has 20 heavy (non-hydrogen) atoms. The molecule has 3 N–H and O–H groups in total. The first-order chi connectivity index (χ1) is 9.38. The van der Waals surface area contributed by atoms with Crippen LogP contribution in [-0.2, 0) is 0 Å². The Labute approximate surface area is 147 Å². The minimum absolute atomic E-state index is 0.202. The van der Waals surface area contributed by atoms with Gasteiger partial charge >= 0.3 is 0 Å². The van der Waals surface area contributed by atoms with Crippen LogP contribution in [0.25, 0.3) is 0 Å². The molecule has 104 valence electrons. The number of hydrogen-bond acceptors (Lipinski definition) is 2. The highest BCUT2D eigenvalue weighted by Crippen LogP contribution is 2.31. The van der Waals surface area contributed by atoms with Gasteiger partial charge in [-0.25, -0.2) is 0 Å². The number of rotatable bonds is 2. The van der Waals surface area contributed by atoms with Crippen molar-refractivity contribution in [2.24, 2.45) is 0 Å². The molecular weight excluding hydrogens is 499 g/mol. The summed E-state index contributed by atoms with van der Waals surface area (Å²) >= 11 is 8.98. The van der Waals surface area contributed by atoms with E-state index in [-0.39, 0.29) is 5.91 Å². The van der Waals surface area contributed by atoms with Crippen molar-refractivity contribution in [3.63, 3.8) is 0 Å². The number of carbonyl (C=O) groups excluding carboxylic acids is 1. The summed E-state index contributed by atoms with van der Waals surface area (Å²) in [6.45, 7) is 1.95. The number of hydrogen-bond donors (Lipinski definition) is 2. The molecule has 2 rings (SSSR count). The van der Waals surface area contributed by atoms with Gasteiger partial charge in [-0.05, 0) is 97.3 Å². The summed E-state index contributed by atoms with van der Waals surface area (Å²) in [5.41, 5.74) is 8.69. The molecule has 0 saturated heterocycles. The van der Waals surface area contributed by atoms with Gasteiger partial charge in [0.05, 0.1) is 16.9 Å². The van der Waals surface area contributed by atoms with Crippen LogP contribution in [0.4, 0.5) is 11.4 Å². The zero-order chi connectivity index (χ0) is 14.9. The van der Waals surface area contributed by atoms with Crippen molar-refractivity contribution in [1.82, 2.24) is 0 Å². The third-order valence-corrected chi connectivity index (χ3v) is 4.66. The smallest absolute Gasteiger partial charge is 0.256 e. The predicted octanol–water partition coefficient (Wildman–Crippen LogP) is 4.96. The molecule has 0 saturated carbocycles. The number of amides is 1. The first kappa shape index (κ1) is 15.8. The molecule has 1 amide bonds. The Balaban J connectivity index is 2.35. The number of benzene rings is 2. The minimum atomic E-state index is -0.202. The second kappa shape index (κ2) is 6.44. The Morgan fingerprint density at radius 3 is 2.55 bits per heavy atom. The average molecular weight is 510 g/mol. The Morgan fingerprint density at radius 2 is 1.90 bits per heavy atom. The van der Waals surface area contributed by atoms with E-state index in [1.165, 1.54) is 0 Å². The molecule has 2 aromatic rings. The summed E-state index contributed by atoms with van der Waals surface area (Å²) in [5.74, 6) is -0.202. The molecular formula is C14H11Br2IN2O. The lowest BCUT2D eigenvalue weighted by atomic mass is 10.1. The van der Waals surface area contributed by atoms with Gasteiger partial charge in [0.25, 0.3) is 5.91 Å². The Hall–Kier alpha value is -0.600. The monoisotopic (exact) mass is 508 g/mol. The first-order valence-electron chi connectivity index (χ1n) is 5.70. The maximum absolute atomic E-state index is 12.4. The van der Waals surface area contributed by atoms with E-state index >= 15 is 0 Å². The molecule has 3 nitrogen and oxygen atoms in total. The number of nitrogens with two attached hydrogens (primary N) is 1. The average Bonchev–Trinajstić information content (AvgIpc) is 2.36. The molecule has 0 aromatic heterocycles. The molecule has 0 fully saturated rings. The van der Waals surface area contributed by atoms with E-state index in [0.29, 0.717) is 16.9 Å². The first-order valence-corrected chi connectivity index (χ1v) is 8.37. The zero-order valence-corrected chi connectivity index (χ0v) is 15.8. The van der Waals surface area contributed by atoms with E-state index in [0.717, 1.165) is 18.1 Å². The van der Waals surface area contributed by atoms with Crippen LogP contribution in [0, 0.1) is 10.5 Å². The summed E-state index contributed by atoms with van der Waals surface area (Å²) in [7, 11) is 0. The van der Waals surface area contributed by atoms with Gasteiger partial charge in [0.2, 0.25) is 0 Å². The van der Waals surface area contributed by atoms with Crippen molar-refractivity contribution in [3.05, 3.63) is 54.0 Å². The molecule has 0 aliphatic carbocycles. The Bertz CT molecular complexity index is 666. The van der Waals surface area contributed by atoms with Gasteiger partial charge in [-0.3, -0.25) is 4.79 Å². The Kier molecular flexibility index (Phi) is 5.09. The van der Waals surface area contributed by atoms with Gasteiger partial charge < -0.3 is 11.1 Å². The molecule has 6 heteroatoms. The molecule has 0 bridgehead atoms. The van der Waals surface area contributed by atoms with Crippen LogP contribution < -0.4 is 11.1 Å². The van der Waals surface area contributed by atoms with Gasteiger partial charge in [-0.2, -0.15) is 0 Å². The third-order valence-electron chi connectivity index (χ3n) is 2.68. The second-order valence-corrected chi connectivity index (χ2v) is 7.24. The molecule has 0 aliphatic heterocycles. The van der Waals surface area contributed by atoms with E-state index in [2.05, 4.69) is 59.8 Å². The van der Waals surface area contributed by atoms with Crippen molar-refractivity contribution in [1.29, 1.82) is 0 Å². The van der Waals surface area contributed by atoms with Crippen LogP contribution in [-0.4, -0.2) is 5.91 Å². The van der Waals surface area contributed by atoms with E-state index in [1.54, 1.807) is 0 Å². The number of anilines is 2. The van der Waals surface area contributed by atoms with Gasteiger partial charge in [0.1, 0.15) is 0 Å². The van der Waals surface area contributed by atoms with Crippen LogP contribution in [0.2, 0.25) is 0 Å². The Morgan fingerprint density at radius 1 is 1.20 bits per heavy atom. The van der Waals surface area contributed by atoms with E-state index in [1.807, 2.05) is 37.3 Å². The zero-order valence-electron chi connectivity index (χ0n) is 10.5. The fourth-order valence-corrected chi connectivity index (χ4v) is 3.36. The fraction of sp³-hybridized carbons (Fsp3) is 0.0714. The third kappa shape index (κ3) is 3.53. The van der Waals surface area contributed by atoms with Crippen LogP contribution in [0.5, 0.6) is 0 Å². The summed E-state index contributed by atoms with van der Waals surface area (Å²) in [4.78, 5) is 12.4. The molecule has 0 heterocycles. The normalized spacial score (nSPS) is 10.4. The van der Waals surface area contributed by atoms with Crippen molar-refractivity contribution in [2.45, 2.75) is 6.92 Å². The lowest BCUT2D eigenvalue weighted by molar-refractivity contribution is 0.102. The molecule has 0 radical (unpaired) electrons. The van der Waals surface area contributed by atoms with Gasteiger partial charge in [0, 0.05) is 12.5 Å². The van der Waals surface area contributed by atoms with E-state index < -0.39 is 0 Å². The molecule has 0 aliphatic rings. The van der Waals surface area contributed by atoms with Crippen molar-refractivity contribution in [3.8, 4) is 0 Å². The van der Waals surface area contributed by atoms with Gasteiger partial charge in [-0.1, -0.05) is 0 Å². The van der Waals surface area contributed by atoms with E-state index in [9.17, 15) is 4.79 Å². The van der Waals surface area contributed by atoms with Crippen LogP contribution >= 0.6 is 54.5 Å². The predicted molar refractivity (Wildman–Crippen MR) is 98.1 cm³/mol. The second-order valence-electron chi connectivity index (χ2n) is 4.29. The van der Waals surface area contributed by atoms with Crippen LogP contribution in [0.1, 0.15) is 15.9 Å². The largest absolute Gasteiger partial charge is 0.397 e. The number of nitrogens with one attached hydrogen (secondary N) is 1. The highest BCUT2D eigenvalue weighted by molar-refractivity contribution is 14.1. The molecule has 2 aromatic carbocycles. The molecule has 0 unspecified atom stereocenters. The lowest BCUT2D eigenvalue weighted by Gasteiger charge is -2.12. The summed E-state index contributed by atoms with van der Waals surface area (Å²) in [6.07, 6.45) is 0. The highest BCUT2D eigenvalue weighted by atomic mass is 127. The number of halogens is 3. The number of aryl methyl sites for hydroxylation is 1. The highest BCUT2D eigenvalue weighted by Gasteiger charge is 2.14. The summed E-state index contributed by atoms with van der Waals surface area (Å²) in [5, 5.41) is 2.85. The maximum Gasteiger partial charge on any atom is 0.256 e. The van der Waals surface area contributed by atoms with Crippen LogP contribution in [0.3, 0.4) is 0 Å². The van der Waals surface area contributed by atoms with E-state index in [4.69, 9.17) is 5.73 Å². The fourth-order valence-electron chi connectivity index (χ4n) is 1.75. The lowest BCUT2D eigenvalue weighted by Crippen LogP contribution is -2.14. The van der Waals surface area contributed by atoms with Crippen molar-refractivity contribution >= 4 is 71.7 Å². The van der Waals surface area contributed by atoms with Gasteiger partial charge in [0.15, 0.2) is 0 Å². The quantitative estimate of drug-likeness (QED) is 0.444. The van der Waals surface area contributed by atoms with Crippen molar-refractivity contribution < 1.29 is 4.79 Å². The molecule has 0 spiro atoms. The standard InChI is InChI=1S/C14H11Br2IN2O/c1-7-4-11(16)13(12(18)5-7)19-14(20)9-6-8(17)2-3-10(9)15/h2-6H,18H2,1H3,(H,19,20). The number of carbonyl (C=O) groups is 1. The SMILES string of the molecule is Cc1cc(N)c(NC(=O)c2cc(I)ccc2Br)c(Br)c1. The summed E-state index contributed by atoms with van der Waals surface area (Å²) < 4.78 is 2.51. The van der Waals surface area contributed by atoms with Gasteiger partial charge in [-0.15, -0.1) is 0 Å². The topological polar surface area (TPSA) is 55.1 Å². The van der Waals surface area contributed by atoms with Crippen LogP contribution in [0.15, 0.2) is 39.3 Å². The molecule has 0 atom stereocenters. The van der Waals surface area contributed by atoms with Crippen molar-refractivity contribution in [2.75, 3.05) is 11.1 Å². The number of nitrogen functional groups attached to an aromatic ring is 1. The maximum atomic E-state index is 12.4. The minimum Gasteiger partial charge on any atom is -0.397 e. The summed E-state index contributed by atoms with van der Waals surface area (Å²) in [6, 6.07) is 9.33.